The lowest BCUT2D eigenvalue weighted by Gasteiger charge is -2.35. The summed E-state index contributed by atoms with van der Waals surface area (Å²) in [7, 11) is -2.21. The first-order chi connectivity index (χ1) is 28.1. The maximum Gasteiger partial charge on any atom is 0.259 e. The van der Waals surface area contributed by atoms with Crippen LogP contribution in [0, 0.1) is 11.8 Å². The number of ether oxygens (including phenoxy) is 2. The molecule has 5 atom stereocenters. The molecule has 3 saturated carbocycles. The predicted molar refractivity (Wildman–Crippen MR) is 223 cm³/mol. The number of nitrogens with zero attached hydrogens (tertiary/aromatic N) is 2. The van der Waals surface area contributed by atoms with Crippen LogP contribution in [0.25, 0.3) is 28.2 Å². The minimum Gasteiger partial charge on any atom is -0.496 e. The third-order valence-corrected chi connectivity index (χ3v) is 14.5. The lowest BCUT2D eigenvalue weighted by Crippen LogP contribution is -2.59. The molecule has 4 bridgehead atoms. The van der Waals surface area contributed by atoms with Crippen molar-refractivity contribution in [1.82, 2.24) is 25.2 Å². The first kappa shape index (κ1) is 40.0. The van der Waals surface area contributed by atoms with E-state index in [4.69, 9.17) is 14.5 Å². The highest BCUT2D eigenvalue weighted by Crippen LogP contribution is 2.46. The Labute approximate surface area is 341 Å². The van der Waals surface area contributed by atoms with Crippen LogP contribution < -0.4 is 24.8 Å². The van der Waals surface area contributed by atoms with Crippen LogP contribution in [-0.4, -0.2) is 85.2 Å². The van der Waals surface area contributed by atoms with E-state index in [1.54, 1.807) is 18.1 Å². The fourth-order valence-corrected chi connectivity index (χ4v) is 10.5. The van der Waals surface area contributed by atoms with Gasteiger partial charge in [0.05, 0.1) is 36.2 Å². The zero-order valence-electron chi connectivity index (χ0n) is 33.3. The molecule has 3 aliphatic carbocycles. The smallest absolute Gasteiger partial charge is 0.259 e. The number of carbonyl (C=O) groups is 3. The van der Waals surface area contributed by atoms with Gasteiger partial charge in [-0.1, -0.05) is 74.2 Å². The van der Waals surface area contributed by atoms with Gasteiger partial charge in [0.25, 0.3) is 5.91 Å². The predicted octanol–water partition coefficient (Wildman–Crippen LogP) is 6.05. The van der Waals surface area contributed by atoms with E-state index in [1.807, 2.05) is 48.5 Å². The second-order valence-electron chi connectivity index (χ2n) is 16.7. The van der Waals surface area contributed by atoms with E-state index in [0.717, 1.165) is 74.3 Å². The molecule has 3 heterocycles. The van der Waals surface area contributed by atoms with Crippen LogP contribution in [0.5, 0.6) is 11.5 Å². The third-order valence-electron chi connectivity index (χ3n) is 12.7. The number of methoxy groups -OCH3 is 1. The van der Waals surface area contributed by atoms with Crippen molar-refractivity contribution in [2.45, 2.75) is 112 Å². The van der Waals surface area contributed by atoms with Crippen molar-refractivity contribution in [3.63, 3.8) is 0 Å². The molecule has 2 aliphatic heterocycles. The average Bonchev–Trinajstić information content (AvgIpc) is 4.17. The van der Waals surface area contributed by atoms with Crippen molar-refractivity contribution < 1.29 is 32.3 Å². The van der Waals surface area contributed by atoms with Crippen molar-refractivity contribution in [2.24, 2.45) is 11.8 Å². The van der Waals surface area contributed by atoms with Gasteiger partial charge in [-0.3, -0.25) is 19.1 Å². The van der Waals surface area contributed by atoms with Crippen LogP contribution >= 0.6 is 0 Å². The zero-order chi connectivity index (χ0) is 40.4. The molecule has 13 heteroatoms. The van der Waals surface area contributed by atoms with Crippen LogP contribution in [0.3, 0.4) is 0 Å². The largest absolute Gasteiger partial charge is 0.496 e. The Balaban J connectivity index is 1.17. The first-order valence-electron chi connectivity index (χ1n) is 21.1. The van der Waals surface area contributed by atoms with E-state index in [1.165, 1.54) is 0 Å². The van der Waals surface area contributed by atoms with Gasteiger partial charge < -0.3 is 25.0 Å². The van der Waals surface area contributed by atoms with E-state index in [0.29, 0.717) is 42.1 Å². The normalized spacial score (nSPS) is 27.5. The van der Waals surface area contributed by atoms with Gasteiger partial charge in [0.2, 0.25) is 21.8 Å². The lowest BCUT2D eigenvalue weighted by atomic mass is 9.83. The summed E-state index contributed by atoms with van der Waals surface area (Å²) in [5, 5.41) is 6.75. The van der Waals surface area contributed by atoms with Crippen LogP contribution in [0.2, 0.25) is 0 Å². The maximum absolute atomic E-state index is 15.0. The monoisotopic (exact) mass is 809 g/mol. The molecular weight excluding hydrogens is 755 g/mol. The molecule has 8 rings (SSSR count). The Morgan fingerprint density at radius 1 is 1.03 bits per heavy atom. The lowest BCUT2D eigenvalue weighted by molar-refractivity contribution is -0.142. The van der Waals surface area contributed by atoms with E-state index in [2.05, 4.69) is 34.1 Å². The Hall–Kier alpha value is -4.75. The second-order valence-corrected chi connectivity index (χ2v) is 18.7. The molecule has 3 aromatic rings. The van der Waals surface area contributed by atoms with Gasteiger partial charge in [-0.15, -0.1) is 6.58 Å². The van der Waals surface area contributed by atoms with E-state index in [9.17, 15) is 22.8 Å². The number of carbonyl (C=O) groups excluding carboxylic acids is 3. The van der Waals surface area contributed by atoms with Gasteiger partial charge in [-0.05, 0) is 69.9 Å². The minimum absolute atomic E-state index is 0.128. The molecule has 12 nitrogen and oxygen atoms in total. The second kappa shape index (κ2) is 16.8. The molecule has 3 N–H and O–H groups in total. The van der Waals surface area contributed by atoms with E-state index >= 15 is 0 Å². The van der Waals surface area contributed by atoms with Crippen LogP contribution in [0.1, 0.15) is 89.0 Å². The first-order valence-corrected chi connectivity index (χ1v) is 22.6. The summed E-state index contributed by atoms with van der Waals surface area (Å²) in [4.78, 5) is 50.0. The summed E-state index contributed by atoms with van der Waals surface area (Å²) in [5.74, 6) is -0.502. The van der Waals surface area contributed by atoms with Crippen LogP contribution in [-0.2, 0) is 24.4 Å². The molecular formula is C45H55N5O7S. The number of benzene rings is 2. The average molecular weight is 810 g/mol. The van der Waals surface area contributed by atoms with Gasteiger partial charge in [0.1, 0.15) is 29.2 Å². The number of nitrogens with one attached hydrogen (secondary N) is 3. The van der Waals surface area contributed by atoms with Gasteiger partial charge in [-0.25, -0.2) is 13.4 Å². The quantitative estimate of drug-likeness (QED) is 0.219. The number of hydrogen-bond donors (Lipinski definition) is 3. The highest BCUT2D eigenvalue weighted by molar-refractivity contribution is 7.91. The van der Waals surface area contributed by atoms with Crippen molar-refractivity contribution in [2.75, 3.05) is 20.2 Å². The van der Waals surface area contributed by atoms with Gasteiger partial charge in [0.15, 0.2) is 0 Å². The molecule has 308 valence electrons. The van der Waals surface area contributed by atoms with Crippen molar-refractivity contribution >= 4 is 44.7 Å². The molecule has 0 spiro atoms. The highest BCUT2D eigenvalue weighted by atomic mass is 32.2. The minimum atomic E-state index is -3.86. The number of fused-ring (bicyclic) bond motifs is 3. The summed E-state index contributed by atoms with van der Waals surface area (Å²) < 4.78 is 40.7. The third kappa shape index (κ3) is 8.38. The Kier molecular flexibility index (Phi) is 11.6. The SMILES string of the molecule is C=C[C@H]1C[C@]1(NC(=O)[C@@H]1C[C@@H]2CN1C(=O)[C@@H](C1CCCCC1)NCCCCC/C=C/c1cc3c(cc(-c4ccccc4)nc3cc1OC)O2)C(=O)NS(=O)(=O)C1CC1. The van der Waals surface area contributed by atoms with E-state index < -0.39 is 56.7 Å². The molecule has 3 amide bonds. The maximum atomic E-state index is 15.0. The molecule has 5 aliphatic rings. The standard InChI is InChI=1S/C45H55N5O7S/c1-3-32-27-45(32,44(53)49-58(54,55)34-20-21-34)48-42(51)38-24-33-28-50(38)43(52)41(30-17-12-8-13-18-30)46-22-14-6-4-5-9-19-31-23-35-37(26-39(31)56-2)47-36(25-40(35)57-33)29-15-10-7-11-16-29/h3,7,9-11,15-16,19,23,25-26,30,32-34,38,41,46H,1,4-6,8,12-14,17-18,20-22,24,27-28H2,2H3,(H,48,51)(H,49,53)/b19-9+/t32-,33+,38-,41+,45+/m0/s1. The zero-order valence-corrected chi connectivity index (χ0v) is 34.1. The van der Waals surface area contributed by atoms with Crippen molar-refractivity contribution in [3.05, 3.63) is 72.8 Å². The molecule has 1 aromatic heterocycles. The Morgan fingerprint density at radius 2 is 1.81 bits per heavy atom. The topological polar surface area (TPSA) is 156 Å². The van der Waals surface area contributed by atoms with E-state index in [-0.39, 0.29) is 31.2 Å². The number of sulfonamides is 1. The summed E-state index contributed by atoms with van der Waals surface area (Å²) in [6.45, 7) is 4.68. The number of hydrogen-bond acceptors (Lipinski definition) is 9. The summed E-state index contributed by atoms with van der Waals surface area (Å²) in [6, 6.07) is 14.3. The molecule has 1 saturated heterocycles. The highest BCUT2D eigenvalue weighted by Gasteiger charge is 2.62. The fraction of sp³-hybridized carbons (Fsp3) is 0.511. The number of aromatic nitrogens is 1. The molecule has 2 aromatic carbocycles. The Bertz CT molecular complexity index is 2190. The number of pyridine rings is 1. The number of rotatable bonds is 9. The number of amides is 3. The van der Waals surface area contributed by atoms with Gasteiger partial charge in [0, 0.05) is 41.0 Å². The molecule has 58 heavy (non-hydrogen) atoms. The van der Waals surface area contributed by atoms with Crippen molar-refractivity contribution in [3.8, 4) is 22.8 Å². The summed E-state index contributed by atoms with van der Waals surface area (Å²) >= 11 is 0. The molecule has 4 fully saturated rings. The van der Waals surface area contributed by atoms with Gasteiger partial charge in [-0.2, -0.15) is 0 Å². The fourth-order valence-electron chi connectivity index (χ4n) is 9.11. The number of allylic oxidation sites excluding steroid dienone is 1. The molecule has 0 radical (unpaired) electrons. The summed E-state index contributed by atoms with van der Waals surface area (Å²) in [6.07, 6.45) is 15.5. The van der Waals surface area contributed by atoms with Crippen molar-refractivity contribution in [1.29, 1.82) is 0 Å². The van der Waals surface area contributed by atoms with Gasteiger partial charge >= 0.3 is 0 Å². The van der Waals surface area contributed by atoms with Crippen LogP contribution in [0.4, 0.5) is 0 Å². The summed E-state index contributed by atoms with van der Waals surface area (Å²) in [5.41, 5.74) is 1.70. The van der Waals surface area contributed by atoms with Crippen LogP contribution in [0.15, 0.2) is 67.3 Å². The Morgan fingerprint density at radius 3 is 2.53 bits per heavy atom. The molecule has 0 unspecified atom stereocenters.